The van der Waals surface area contributed by atoms with Crippen LogP contribution in [0.4, 0.5) is 5.13 Å². The predicted molar refractivity (Wildman–Crippen MR) is 116 cm³/mol. The van der Waals surface area contributed by atoms with Gasteiger partial charge in [-0.05, 0) is 13.8 Å². The van der Waals surface area contributed by atoms with E-state index in [0.717, 1.165) is 11.3 Å². The van der Waals surface area contributed by atoms with E-state index in [2.05, 4.69) is 22.0 Å². The van der Waals surface area contributed by atoms with Gasteiger partial charge in [-0.15, -0.1) is 29.7 Å². The summed E-state index contributed by atoms with van der Waals surface area (Å²) in [5, 5.41) is 26.1. The molecular formula is C18H21N5O7S2. The lowest BCUT2D eigenvalue weighted by Gasteiger charge is -2.53. The summed E-state index contributed by atoms with van der Waals surface area (Å²) in [6.45, 7) is 6.04. The molecule has 2 aliphatic heterocycles. The topological polar surface area (TPSA) is 185 Å². The van der Waals surface area contributed by atoms with Crippen molar-refractivity contribution in [2.45, 2.75) is 30.9 Å². The van der Waals surface area contributed by atoms with Crippen LogP contribution in [-0.4, -0.2) is 78.9 Å². The van der Waals surface area contributed by atoms with E-state index in [0.29, 0.717) is 0 Å². The van der Waals surface area contributed by atoms with Gasteiger partial charge >= 0.3 is 11.9 Å². The number of nitrogens with zero attached hydrogens (tertiary/aromatic N) is 3. The Morgan fingerprint density at radius 2 is 2.16 bits per heavy atom. The van der Waals surface area contributed by atoms with Crippen LogP contribution in [0.15, 0.2) is 23.2 Å². The number of aromatic nitrogens is 1. The van der Waals surface area contributed by atoms with Crippen LogP contribution in [0, 0.1) is 5.41 Å². The summed E-state index contributed by atoms with van der Waals surface area (Å²) in [6, 6.07) is -0.919. The second-order valence-electron chi connectivity index (χ2n) is 7.70. The molecule has 1 aromatic rings. The first-order valence-electron chi connectivity index (χ1n) is 9.23. The summed E-state index contributed by atoms with van der Waals surface area (Å²) in [4.78, 5) is 58.8. The van der Waals surface area contributed by atoms with Gasteiger partial charge in [-0.1, -0.05) is 11.2 Å². The molecule has 2 aliphatic rings. The van der Waals surface area contributed by atoms with Crippen LogP contribution in [0.5, 0.6) is 0 Å². The van der Waals surface area contributed by atoms with Crippen molar-refractivity contribution in [3.05, 3.63) is 23.7 Å². The molecule has 12 nitrogen and oxygen atoms in total. The molecule has 2 amide bonds. The summed E-state index contributed by atoms with van der Waals surface area (Å²) < 4.78 is 0. The number of amides is 2. The molecule has 3 heterocycles. The molecule has 0 saturated carbocycles. The number of nitrogens with two attached hydrogens (primary N) is 1. The molecule has 0 aliphatic carbocycles. The molecule has 3 atom stereocenters. The summed E-state index contributed by atoms with van der Waals surface area (Å²) in [5.74, 6) is -3.45. The van der Waals surface area contributed by atoms with Gasteiger partial charge in [0.1, 0.15) is 22.5 Å². The average Bonchev–Trinajstić information content (AvgIpc) is 3.16. The number of rotatable bonds is 8. The molecule has 14 heteroatoms. The summed E-state index contributed by atoms with van der Waals surface area (Å²) in [7, 11) is 0. The van der Waals surface area contributed by atoms with Crippen LogP contribution in [0.25, 0.3) is 0 Å². The van der Waals surface area contributed by atoms with Crippen LogP contribution in [0.2, 0.25) is 0 Å². The number of nitrogen functional groups attached to an aromatic ring is 1. The molecule has 0 bridgehead atoms. The van der Waals surface area contributed by atoms with Crippen molar-refractivity contribution >= 4 is 57.7 Å². The molecule has 2 saturated heterocycles. The predicted octanol–water partition coefficient (Wildman–Crippen LogP) is -0.0339. The Balaban J connectivity index is 1.78. The zero-order valence-electron chi connectivity index (χ0n) is 17.1. The lowest BCUT2D eigenvalue weighted by molar-refractivity contribution is -0.161. The Morgan fingerprint density at radius 3 is 2.69 bits per heavy atom. The average molecular weight is 484 g/mol. The minimum Gasteiger partial charge on any atom is -0.481 e. The highest BCUT2D eigenvalue weighted by molar-refractivity contribution is 8.00. The van der Waals surface area contributed by atoms with Crippen molar-refractivity contribution < 1.29 is 34.2 Å². The van der Waals surface area contributed by atoms with Crippen LogP contribution >= 0.6 is 23.1 Å². The van der Waals surface area contributed by atoms with E-state index >= 15 is 0 Å². The maximum absolute atomic E-state index is 12.9. The first-order chi connectivity index (χ1) is 14.9. The minimum atomic E-state index is -1.72. The number of oxime groups is 1. The van der Waals surface area contributed by atoms with Gasteiger partial charge in [-0.2, -0.15) is 0 Å². The number of aliphatic carboxylic acids is 2. The Kier molecular flexibility index (Phi) is 6.20. The zero-order valence-corrected chi connectivity index (χ0v) is 18.7. The summed E-state index contributed by atoms with van der Waals surface area (Å²) >= 11 is 2.26. The third-order valence-corrected chi connectivity index (χ3v) is 7.29. The number of hydrogen-bond acceptors (Lipinski definition) is 10. The number of carbonyl (C=O) groups excluding carboxylic acids is 2. The van der Waals surface area contributed by atoms with Gasteiger partial charge in [-0.3, -0.25) is 14.4 Å². The Morgan fingerprint density at radius 1 is 1.47 bits per heavy atom. The maximum atomic E-state index is 12.9. The van der Waals surface area contributed by atoms with Gasteiger partial charge in [-0.25, -0.2) is 9.78 Å². The molecule has 0 radical (unpaired) electrons. The Labute approximate surface area is 190 Å². The van der Waals surface area contributed by atoms with Gasteiger partial charge in [0.15, 0.2) is 10.8 Å². The van der Waals surface area contributed by atoms with Crippen molar-refractivity contribution in [2.24, 2.45) is 10.6 Å². The molecule has 5 N–H and O–H groups in total. The van der Waals surface area contributed by atoms with Crippen LogP contribution < -0.4 is 11.1 Å². The van der Waals surface area contributed by atoms with Crippen LogP contribution in [0.1, 0.15) is 19.5 Å². The normalized spacial score (nSPS) is 25.4. The maximum Gasteiger partial charge on any atom is 0.350 e. The quantitative estimate of drug-likeness (QED) is 0.169. The number of anilines is 1. The molecule has 32 heavy (non-hydrogen) atoms. The molecule has 2 unspecified atom stereocenters. The van der Waals surface area contributed by atoms with E-state index in [9.17, 15) is 29.4 Å². The van der Waals surface area contributed by atoms with Gasteiger partial charge in [0.2, 0.25) is 11.5 Å². The first kappa shape index (κ1) is 23.5. The fraction of sp³-hybridized carbons (Fsp3) is 0.444. The van der Waals surface area contributed by atoms with E-state index in [-0.39, 0.29) is 28.8 Å². The summed E-state index contributed by atoms with van der Waals surface area (Å²) in [5.41, 5.74) is 2.36. The first-order valence-corrected chi connectivity index (χ1v) is 11.2. The second-order valence-corrected chi connectivity index (χ2v) is 9.70. The molecule has 0 aromatic carbocycles. The van der Waals surface area contributed by atoms with Crippen molar-refractivity contribution in [3.8, 4) is 0 Å². The van der Waals surface area contributed by atoms with Gasteiger partial charge in [0.25, 0.3) is 5.91 Å². The number of nitrogens with one attached hydrogen (secondary N) is 1. The summed E-state index contributed by atoms with van der Waals surface area (Å²) in [6.07, 6.45) is 1.32. The number of carboxylic acid groups (broad SMARTS) is 2. The molecule has 2 fully saturated rings. The lowest BCUT2D eigenvalue weighted by atomic mass is 9.87. The SMILES string of the molecule is C=CC1(C(=O)O)CS[C@@H]2C(NC(=O)C(=NOC(C)(C)C(=O)O)c3csc(N)n3)C(=O)N2C1. The minimum absolute atomic E-state index is 0.0474. The molecule has 172 valence electrons. The third kappa shape index (κ3) is 4.14. The van der Waals surface area contributed by atoms with Crippen molar-refractivity contribution in [2.75, 3.05) is 18.0 Å². The zero-order chi connectivity index (χ0) is 23.8. The largest absolute Gasteiger partial charge is 0.481 e. The van der Waals surface area contributed by atoms with Crippen molar-refractivity contribution in [3.63, 3.8) is 0 Å². The van der Waals surface area contributed by atoms with Crippen molar-refractivity contribution in [1.82, 2.24) is 15.2 Å². The molecule has 1 aromatic heterocycles. The smallest absolute Gasteiger partial charge is 0.350 e. The number of carboxylic acids is 2. The highest BCUT2D eigenvalue weighted by Gasteiger charge is 2.56. The molecule has 3 rings (SSSR count). The van der Waals surface area contributed by atoms with Crippen molar-refractivity contribution in [1.29, 1.82) is 0 Å². The number of carbonyl (C=O) groups is 4. The number of thioether (sulfide) groups is 1. The molecule has 0 spiro atoms. The standard InChI is InChI=1S/C18H21N5O7S2/c1-4-18(15(28)29)6-23-12(25)10(13(23)32-7-18)21-11(24)9(8-5-31-16(19)20-8)22-30-17(2,3)14(26)27/h4-5,10,13H,1,6-7H2,2-3H3,(H2,19,20)(H,21,24)(H,26,27)(H,28,29)/t10?,13-,18?/m1/s1. The second kappa shape index (κ2) is 8.43. The van der Waals surface area contributed by atoms with Gasteiger partial charge in [0.05, 0.1) is 0 Å². The van der Waals surface area contributed by atoms with E-state index in [4.69, 9.17) is 10.6 Å². The Hall–Kier alpha value is -3.13. The fourth-order valence-corrected chi connectivity index (χ4v) is 5.03. The van der Waals surface area contributed by atoms with Crippen LogP contribution in [0.3, 0.4) is 0 Å². The van der Waals surface area contributed by atoms with E-state index in [1.54, 1.807) is 0 Å². The number of hydrogen-bond donors (Lipinski definition) is 4. The lowest BCUT2D eigenvalue weighted by Crippen LogP contribution is -2.73. The van der Waals surface area contributed by atoms with Gasteiger partial charge < -0.3 is 31.0 Å². The number of fused-ring (bicyclic) bond motifs is 1. The highest BCUT2D eigenvalue weighted by Crippen LogP contribution is 2.42. The number of thiazole rings is 1. The van der Waals surface area contributed by atoms with E-state index in [1.807, 2.05) is 0 Å². The Bertz CT molecular complexity index is 1020. The van der Waals surface area contributed by atoms with Crippen LogP contribution in [-0.2, 0) is 24.0 Å². The fourth-order valence-electron chi connectivity index (χ4n) is 2.94. The van der Waals surface area contributed by atoms with E-state index < -0.39 is 46.2 Å². The number of β-lactam (4-membered cyclic amide) rings is 1. The monoisotopic (exact) mass is 483 g/mol. The molecular weight excluding hydrogens is 462 g/mol. The third-order valence-electron chi connectivity index (χ3n) is 5.07. The van der Waals surface area contributed by atoms with Gasteiger partial charge in [0, 0.05) is 17.7 Å². The highest BCUT2D eigenvalue weighted by atomic mass is 32.2. The van der Waals surface area contributed by atoms with E-state index in [1.165, 1.54) is 42.0 Å².